The fourth-order valence-electron chi connectivity index (χ4n) is 2.40. The molecule has 0 N–H and O–H groups in total. The number of rotatable bonds is 12. The third kappa shape index (κ3) is 14.3. The van der Waals surface area contributed by atoms with Crippen molar-refractivity contribution in [1.82, 2.24) is 0 Å². The van der Waals surface area contributed by atoms with Crippen LogP contribution in [0.1, 0.15) is 78.1 Å². The minimum atomic E-state index is 0. The van der Waals surface area contributed by atoms with E-state index in [9.17, 15) is 0 Å². The average molecular weight is 278 g/mol. The lowest BCUT2D eigenvalue weighted by Crippen LogP contribution is -3.00. The summed E-state index contributed by atoms with van der Waals surface area (Å²) in [7, 11) is 4.80. The average Bonchev–Trinajstić information content (AvgIpc) is 2.29. The van der Waals surface area contributed by atoms with E-state index in [1.165, 1.54) is 81.8 Å². The first-order chi connectivity index (χ1) is 8.12. The van der Waals surface area contributed by atoms with Gasteiger partial charge >= 0.3 is 0 Å². The van der Waals surface area contributed by atoms with Crippen LogP contribution in [0.25, 0.3) is 0 Å². The van der Waals surface area contributed by atoms with Crippen molar-refractivity contribution >= 4 is 0 Å². The summed E-state index contributed by atoms with van der Waals surface area (Å²) >= 11 is 0. The van der Waals surface area contributed by atoms with Crippen molar-refractivity contribution in [3.8, 4) is 0 Å². The van der Waals surface area contributed by atoms with Crippen LogP contribution in [0.3, 0.4) is 0 Å². The highest BCUT2D eigenvalue weighted by Gasteiger charge is 2.13. The van der Waals surface area contributed by atoms with Gasteiger partial charge in [0.15, 0.2) is 0 Å². The van der Waals surface area contributed by atoms with Crippen LogP contribution in [0.5, 0.6) is 0 Å². The Balaban J connectivity index is 0. The van der Waals surface area contributed by atoms with Crippen LogP contribution < -0.4 is 12.4 Å². The molecule has 0 fully saturated rings. The predicted octanol–water partition coefficient (Wildman–Crippen LogP) is 2.01. The molecule has 0 aromatic carbocycles. The lowest BCUT2D eigenvalue weighted by Gasteiger charge is -2.30. The van der Waals surface area contributed by atoms with Crippen molar-refractivity contribution in [2.75, 3.05) is 27.2 Å². The summed E-state index contributed by atoms with van der Waals surface area (Å²) in [5.41, 5.74) is 0. The van der Waals surface area contributed by atoms with Crippen LogP contribution >= 0.6 is 0 Å². The van der Waals surface area contributed by atoms with Crippen LogP contribution in [-0.4, -0.2) is 31.7 Å². The Morgan fingerprint density at radius 3 is 1.33 bits per heavy atom. The van der Waals surface area contributed by atoms with Gasteiger partial charge in [-0.1, -0.05) is 52.4 Å². The molecule has 0 atom stereocenters. The normalized spacial score (nSPS) is 11.3. The summed E-state index contributed by atoms with van der Waals surface area (Å²) in [6.45, 7) is 7.32. The SMILES string of the molecule is CCCCCCCC[N+](C)(C)CCCCCC.[Cl-]. The van der Waals surface area contributed by atoms with Crippen molar-refractivity contribution in [3.05, 3.63) is 0 Å². The Hall–Kier alpha value is 0.250. The fourth-order valence-corrected chi connectivity index (χ4v) is 2.40. The maximum atomic E-state index is 2.40. The van der Waals surface area contributed by atoms with Gasteiger partial charge in [0.05, 0.1) is 27.2 Å². The van der Waals surface area contributed by atoms with Gasteiger partial charge in [-0.15, -0.1) is 0 Å². The van der Waals surface area contributed by atoms with Crippen molar-refractivity contribution in [1.29, 1.82) is 0 Å². The molecule has 18 heavy (non-hydrogen) atoms. The van der Waals surface area contributed by atoms with Gasteiger partial charge in [0.25, 0.3) is 0 Å². The molecule has 0 aromatic heterocycles. The molecule has 0 bridgehead atoms. The number of halogens is 1. The van der Waals surface area contributed by atoms with E-state index < -0.39 is 0 Å². The number of nitrogens with zero attached hydrogens (tertiary/aromatic N) is 1. The summed E-state index contributed by atoms with van der Waals surface area (Å²) in [5, 5.41) is 0. The zero-order valence-electron chi connectivity index (χ0n) is 13.3. The van der Waals surface area contributed by atoms with E-state index in [1.807, 2.05) is 0 Å². The van der Waals surface area contributed by atoms with E-state index >= 15 is 0 Å². The van der Waals surface area contributed by atoms with E-state index in [0.717, 1.165) is 0 Å². The molecular formula is C16H36ClN. The minimum Gasteiger partial charge on any atom is -1.00 e. The van der Waals surface area contributed by atoms with Gasteiger partial charge in [-0.2, -0.15) is 0 Å². The van der Waals surface area contributed by atoms with E-state index in [0.29, 0.717) is 0 Å². The molecule has 0 saturated carbocycles. The molecule has 0 unspecified atom stereocenters. The summed E-state index contributed by atoms with van der Waals surface area (Å²) < 4.78 is 1.23. The molecule has 0 amide bonds. The fraction of sp³-hybridized carbons (Fsp3) is 1.00. The monoisotopic (exact) mass is 277 g/mol. The summed E-state index contributed by atoms with van der Waals surface area (Å²) in [6.07, 6.45) is 14.1. The second kappa shape index (κ2) is 13.7. The summed E-state index contributed by atoms with van der Waals surface area (Å²) in [4.78, 5) is 0. The minimum absolute atomic E-state index is 0. The van der Waals surface area contributed by atoms with Gasteiger partial charge in [-0.05, 0) is 25.7 Å². The maximum Gasteiger partial charge on any atom is 0.0782 e. The lowest BCUT2D eigenvalue weighted by molar-refractivity contribution is -0.890. The third-order valence-corrected chi connectivity index (χ3v) is 3.73. The molecule has 0 aliphatic rings. The van der Waals surface area contributed by atoms with E-state index in [1.54, 1.807) is 0 Å². The largest absolute Gasteiger partial charge is 1.00 e. The molecule has 0 saturated heterocycles. The predicted molar refractivity (Wildman–Crippen MR) is 79.4 cm³/mol. The standard InChI is InChI=1S/C16H36N.ClH/c1-5-7-9-11-12-14-16-17(3,4)15-13-10-8-6-2;/h5-16H2,1-4H3;1H/q+1;/p-1. The Morgan fingerprint density at radius 1 is 0.556 bits per heavy atom. The summed E-state index contributed by atoms with van der Waals surface area (Å²) in [6, 6.07) is 0. The maximum absolute atomic E-state index is 2.40. The quantitative estimate of drug-likeness (QED) is 0.378. The zero-order chi connectivity index (χ0) is 13.0. The Kier molecular flexibility index (Phi) is 15.6. The van der Waals surface area contributed by atoms with E-state index in [2.05, 4.69) is 27.9 Å². The smallest absolute Gasteiger partial charge is 0.0782 e. The molecule has 0 spiro atoms. The molecule has 0 aliphatic heterocycles. The van der Waals surface area contributed by atoms with Crippen LogP contribution in [0.15, 0.2) is 0 Å². The second-order valence-corrected chi connectivity index (χ2v) is 6.21. The first kappa shape index (κ1) is 20.6. The lowest BCUT2D eigenvalue weighted by atomic mass is 10.1. The highest BCUT2D eigenvalue weighted by Crippen LogP contribution is 2.10. The van der Waals surface area contributed by atoms with Crippen LogP contribution in [0.4, 0.5) is 0 Å². The molecule has 2 heteroatoms. The first-order valence-corrected chi connectivity index (χ1v) is 7.94. The number of quaternary nitrogens is 1. The molecule has 1 nitrogen and oxygen atoms in total. The van der Waals surface area contributed by atoms with Gasteiger partial charge in [-0.3, -0.25) is 0 Å². The highest BCUT2D eigenvalue weighted by atomic mass is 35.5. The van der Waals surface area contributed by atoms with E-state index in [4.69, 9.17) is 0 Å². The van der Waals surface area contributed by atoms with Gasteiger partial charge in [-0.25, -0.2) is 0 Å². The van der Waals surface area contributed by atoms with E-state index in [-0.39, 0.29) is 12.4 Å². The first-order valence-electron chi connectivity index (χ1n) is 7.94. The highest BCUT2D eigenvalue weighted by molar-refractivity contribution is 4.45. The van der Waals surface area contributed by atoms with Crippen LogP contribution in [-0.2, 0) is 0 Å². The van der Waals surface area contributed by atoms with Crippen molar-refractivity contribution < 1.29 is 16.9 Å². The Bertz CT molecular complexity index is 157. The molecule has 0 aliphatic carbocycles. The Labute approximate surface area is 122 Å². The van der Waals surface area contributed by atoms with Gasteiger partial charge < -0.3 is 16.9 Å². The van der Waals surface area contributed by atoms with Crippen LogP contribution in [0.2, 0.25) is 0 Å². The van der Waals surface area contributed by atoms with Gasteiger partial charge in [0.1, 0.15) is 0 Å². The summed E-state index contributed by atoms with van der Waals surface area (Å²) in [5.74, 6) is 0. The third-order valence-electron chi connectivity index (χ3n) is 3.73. The van der Waals surface area contributed by atoms with Crippen molar-refractivity contribution in [2.24, 2.45) is 0 Å². The zero-order valence-corrected chi connectivity index (χ0v) is 14.1. The molecular weight excluding hydrogens is 242 g/mol. The molecule has 112 valence electrons. The molecule has 0 radical (unpaired) electrons. The number of hydrogen-bond acceptors (Lipinski definition) is 0. The number of unbranched alkanes of at least 4 members (excludes halogenated alkanes) is 8. The van der Waals surface area contributed by atoms with Gasteiger partial charge in [0.2, 0.25) is 0 Å². The number of hydrogen-bond donors (Lipinski definition) is 0. The molecule has 0 aromatic rings. The van der Waals surface area contributed by atoms with Gasteiger partial charge in [0, 0.05) is 0 Å². The topological polar surface area (TPSA) is 0 Å². The molecule has 0 rings (SSSR count). The van der Waals surface area contributed by atoms with Crippen molar-refractivity contribution in [3.63, 3.8) is 0 Å². The second-order valence-electron chi connectivity index (χ2n) is 6.21. The Morgan fingerprint density at radius 2 is 0.889 bits per heavy atom. The van der Waals surface area contributed by atoms with Crippen LogP contribution in [0, 0.1) is 0 Å². The van der Waals surface area contributed by atoms with Crippen molar-refractivity contribution in [2.45, 2.75) is 78.1 Å². The molecule has 0 heterocycles.